The molecule has 0 radical (unpaired) electrons. The summed E-state index contributed by atoms with van der Waals surface area (Å²) in [6, 6.07) is 3.95. The minimum atomic E-state index is -0.804. The highest BCUT2D eigenvalue weighted by atomic mass is 19.1. The van der Waals surface area contributed by atoms with Crippen molar-refractivity contribution in [3.63, 3.8) is 0 Å². The highest BCUT2D eigenvalue weighted by Crippen LogP contribution is 2.23. The lowest BCUT2D eigenvalue weighted by Gasteiger charge is -2.26. The van der Waals surface area contributed by atoms with E-state index in [4.69, 9.17) is 5.73 Å². The molecule has 0 unspecified atom stereocenters. The van der Waals surface area contributed by atoms with E-state index in [1.165, 1.54) is 12.1 Å². The van der Waals surface area contributed by atoms with E-state index < -0.39 is 16.4 Å². The Labute approximate surface area is 99.8 Å². The van der Waals surface area contributed by atoms with Gasteiger partial charge >= 0.3 is 5.69 Å². The van der Waals surface area contributed by atoms with Gasteiger partial charge in [-0.25, -0.2) is 0 Å². The van der Waals surface area contributed by atoms with Crippen LogP contribution in [0.3, 0.4) is 0 Å². The molecular weight excluding hydrogens is 223 g/mol. The van der Waals surface area contributed by atoms with Gasteiger partial charge < -0.3 is 5.73 Å². The number of nitrogens with zero attached hydrogens (tertiary/aromatic N) is 1. The topological polar surface area (TPSA) is 69.2 Å². The second kappa shape index (κ2) is 5.23. The maximum absolute atomic E-state index is 13.4. The third-order valence-electron chi connectivity index (χ3n) is 3.17. The standard InChI is InChI=1S/C12H17FN2O2/c1-3-12(14,4-2)8-9-5-6-11(15(16)17)10(13)7-9/h5-7H,3-4,8,14H2,1-2H3. The first kappa shape index (κ1) is 13.6. The van der Waals surface area contributed by atoms with E-state index in [2.05, 4.69) is 0 Å². The molecule has 0 atom stereocenters. The van der Waals surface area contributed by atoms with Crippen molar-refractivity contribution in [2.75, 3.05) is 0 Å². The minimum absolute atomic E-state index is 0.372. The Morgan fingerprint density at radius 3 is 2.41 bits per heavy atom. The molecule has 0 aliphatic rings. The van der Waals surface area contributed by atoms with Crippen LogP contribution >= 0.6 is 0 Å². The van der Waals surface area contributed by atoms with Gasteiger partial charge in [0, 0.05) is 11.6 Å². The predicted octanol–water partition coefficient (Wildman–Crippen LogP) is 2.79. The average molecular weight is 240 g/mol. The van der Waals surface area contributed by atoms with Crippen molar-refractivity contribution < 1.29 is 9.31 Å². The van der Waals surface area contributed by atoms with Crippen molar-refractivity contribution in [1.82, 2.24) is 0 Å². The Morgan fingerprint density at radius 2 is 2.00 bits per heavy atom. The van der Waals surface area contributed by atoms with Crippen LogP contribution in [0.5, 0.6) is 0 Å². The molecule has 4 nitrogen and oxygen atoms in total. The highest BCUT2D eigenvalue weighted by Gasteiger charge is 2.22. The minimum Gasteiger partial charge on any atom is -0.325 e. The van der Waals surface area contributed by atoms with Gasteiger partial charge in [-0.1, -0.05) is 19.9 Å². The molecular formula is C12H17FN2O2. The molecule has 0 amide bonds. The SMILES string of the molecule is CCC(N)(CC)Cc1ccc([N+](=O)[O-])c(F)c1. The number of benzene rings is 1. The molecule has 17 heavy (non-hydrogen) atoms. The van der Waals surface area contributed by atoms with Crippen LogP contribution in [0.1, 0.15) is 32.3 Å². The van der Waals surface area contributed by atoms with E-state index in [0.717, 1.165) is 12.8 Å². The smallest absolute Gasteiger partial charge is 0.304 e. The van der Waals surface area contributed by atoms with Gasteiger partial charge in [0.15, 0.2) is 0 Å². The Morgan fingerprint density at radius 1 is 1.41 bits per heavy atom. The highest BCUT2D eigenvalue weighted by molar-refractivity contribution is 5.35. The predicted molar refractivity (Wildman–Crippen MR) is 64.3 cm³/mol. The Hall–Kier alpha value is -1.49. The third kappa shape index (κ3) is 3.23. The molecule has 0 aromatic heterocycles. The summed E-state index contributed by atoms with van der Waals surface area (Å²) in [7, 11) is 0. The van der Waals surface area contributed by atoms with E-state index in [9.17, 15) is 14.5 Å². The quantitative estimate of drug-likeness (QED) is 0.635. The van der Waals surface area contributed by atoms with Crippen LogP contribution < -0.4 is 5.73 Å². The van der Waals surface area contributed by atoms with Crippen molar-refractivity contribution in [3.05, 3.63) is 39.7 Å². The molecule has 2 N–H and O–H groups in total. The fourth-order valence-electron chi connectivity index (χ4n) is 1.71. The summed E-state index contributed by atoms with van der Waals surface area (Å²) in [5, 5.41) is 10.5. The van der Waals surface area contributed by atoms with Crippen LogP contribution in [0.25, 0.3) is 0 Å². The molecule has 5 heteroatoms. The van der Waals surface area contributed by atoms with Gasteiger partial charge in [-0.2, -0.15) is 4.39 Å². The number of nitro benzene ring substituents is 1. The molecule has 0 aliphatic carbocycles. The summed E-state index contributed by atoms with van der Waals surface area (Å²) >= 11 is 0. The number of hydrogen-bond acceptors (Lipinski definition) is 3. The number of rotatable bonds is 5. The second-order valence-electron chi connectivity index (χ2n) is 4.29. The molecule has 1 aromatic rings. The van der Waals surface area contributed by atoms with Gasteiger partial charge in [0.05, 0.1) is 4.92 Å². The zero-order valence-corrected chi connectivity index (χ0v) is 10.1. The van der Waals surface area contributed by atoms with Crippen molar-refractivity contribution in [2.24, 2.45) is 5.73 Å². The molecule has 0 spiro atoms. The van der Waals surface area contributed by atoms with Gasteiger partial charge in [-0.15, -0.1) is 0 Å². The van der Waals surface area contributed by atoms with E-state index in [0.29, 0.717) is 12.0 Å². The van der Waals surface area contributed by atoms with Gasteiger partial charge in [0.2, 0.25) is 5.82 Å². The van der Waals surface area contributed by atoms with Gasteiger partial charge in [0.25, 0.3) is 0 Å². The zero-order chi connectivity index (χ0) is 13.1. The summed E-state index contributed by atoms with van der Waals surface area (Å²) in [6.07, 6.45) is 2.08. The molecule has 0 bridgehead atoms. The monoisotopic (exact) mass is 240 g/mol. The molecule has 0 fully saturated rings. The lowest BCUT2D eigenvalue weighted by Crippen LogP contribution is -2.40. The van der Waals surface area contributed by atoms with Gasteiger partial charge in [-0.05, 0) is 30.9 Å². The van der Waals surface area contributed by atoms with Crippen LogP contribution in [0.4, 0.5) is 10.1 Å². The van der Waals surface area contributed by atoms with Crippen LogP contribution in [0.15, 0.2) is 18.2 Å². The van der Waals surface area contributed by atoms with Crippen molar-refractivity contribution in [2.45, 2.75) is 38.6 Å². The molecule has 0 heterocycles. The van der Waals surface area contributed by atoms with Gasteiger partial charge in [-0.3, -0.25) is 10.1 Å². The molecule has 0 saturated carbocycles. The van der Waals surface area contributed by atoms with Crippen LogP contribution in [0, 0.1) is 15.9 Å². The first-order chi connectivity index (χ1) is 7.91. The normalized spacial score (nSPS) is 11.5. The Bertz CT molecular complexity index is 417. The fourth-order valence-corrected chi connectivity index (χ4v) is 1.71. The van der Waals surface area contributed by atoms with E-state index in [-0.39, 0.29) is 5.54 Å². The summed E-state index contributed by atoms with van der Waals surface area (Å²) in [4.78, 5) is 9.74. The zero-order valence-electron chi connectivity index (χ0n) is 10.1. The second-order valence-corrected chi connectivity index (χ2v) is 4.29. The molecule has 0 saturated heterocycles. The fraction of sp³-hybridized carbons (Fsp3) is 0.500. The molecule has 0 aliphatic heterocycles. The number of nitrogens with two attached hydrogens (primary N) is 1. The number of nitro groups is 1. The summed E-state index contributed by atoms with van der Waals surface area (Å²) < 4.78 is 13.4. The summed E-state index contributed by atoms with van der Waals surface area (Å²) in [5.74, 6) is -0.804. The maximum atomic E-state index is 13.4. The van der Waals surface area contributed by atoms with Gasteiger partial charge in [0.1, 0.15) is 0 Å². The lowest BCUT2D eigenvalue weighted by atomic mass is 9.87. The molecule has 94 valence electrons. The summed E-state index contributed by atoms with van der Waals surface area (Å²) in [6.45, 7) is 3.95. The third-order valence-corrected chi connectivity index (χ3v) is 3.17. The average Bonchev–Trinajstić information content (AvgIpc) is 2.28. The maximum Gasteiger partial charge on any atom is 0.304 e. The molecule has 1 rings (SSSR count). The van der Waals surface area contributed by atoms with Crippen LogP contribution in [-0.2, 0) is 6.42 Å². The van der Waals surface area contributed by atoms with Crippen LogP contribution in [0.2, 0.25) is 0 Å². The summed E-state index contributed by atoms with van der Waals surface area (Å²) in [5.41, 5.74) is 5.95. The van der Waals surface area contributed by atoms with E-state index in [1.54, 1.807) is 6.07 Å². The largest absolute Gasteiger partial charge is 0.325 e. The number of halogens is 1. The van der Waals surface area contributed by atoms with Crippen molar-refractivity contribution in [3.8, 4) is 0 Å². The van der Waals surface area contributed by atoms with E-state index >= 15 is 0 Å². The number of hydrogen-bond donors (Lipinski definition) is 1. The van der Waals surface area contributed by atoms with E-state index in [1.807, 2.05) is 13.8 Å². The Kier molecular flexibility index (Phi) is 4.17. The Balaban J connectivity index is 2.95. The molecule has 1 aromatic carbocycles. The lowest BCUT2D eigenvalue weighted by molar-refractivity contribution is -0.387. The first-order valence-corrected chi connectivity index (χ1v) is 5.63. The first-order valence-electron chi connectivity index (χ1n) is 5.63. The van der Waals surface area contributed by atoms with Crippen molar-refractivity contribution >= 4 is 5.69 Å². The van der Waals surface area contributed by atoms with Crippen LogP contribution in [-0.4, -0.2) is 10.5 Å². The van der Waals surface area contributed by atoms with Crippen molar-refractivity contribution in [1.29, 1.82) is 0 Å².